The molecule has 9 heteroatoms. The van der Waals surface area contributed by atoms with Crippen LogP contribution in [0.1, 0.15) is 11.1 Å². The van der Waals surface area contributed by atoms with E-state index in [1.54, 1.807) is 12.1 Å². The van der Waals surface area contributed by atoms with Crippen LogP contribution in [0.25, 0.3) is 11.5 Å². The molecule has 0 heterocycles. The Morgan fingerprint density at radius 3 is 2.03 bits per heavy atom. The van der Waals surface area contributed by atoms with Crippen molar-refractivity contribution >= 4 is 28.5 Å². The predicted octanol–water partition coefficient (Wildman–Crippen LogP) is 3.09. The lowest BCUT2D eigenvalue weighted by atomic mass is 10.1. The van der Waals surface area contributed by atoms with Crippen molar-refractivity contribution in [3.63, 3.8) is 0 Å². The highest BCUT2D eigenvalue weighted by molar-refractivity contribution is 5.86. The van der Waals surface area contributed by atoms with Gasteiger partial charge in [0.25, 0.3) is 5.69 Å². The van der Waals surface area contributed by atoms with Gasteiger partial charge >= 0.3 is 0 Å². The first-order chi connectivity index (χ1) is 14.0. The molecular weight excluding hydrogens is 376 g/mol. The normalized spacial score (nSPS) is 11.4. The summed E-state index contributed by atoms with van der Waals surface area (Å²) in [5.74, 6) is -0.418. The quantitative estimate of drug-likeness (QED) is 0.241. The largest absolute Gasteiger partial charge is 0.871 e. The Balaban J connectivity index is 1.98. The van der Waals surface area contributed by atoms with E-state index in [9.17, 15) is 20.4 Å². The lowest BCUT2D eigenvalue weighted by molar-refractivity contribution is -0.384. The third-order valence-electron chi connectivity index (χ3n) is 4.05. The maximum Gasteiger partial charge on any atom is 0.269 e. The Morgan fingerprint density at radius 1 is 0.897 bits per heavy atom. The van der Waals surface area contributed by atoms with Crippen molar-refractivity contribution in [2.24, 2.45) is 0 Å². The third-order valence-corrected chi connectivity index (χ3v) is 4.05. The molecule has 0 aromatic heterocycles. The van der Waals surface area contributed by atoms with Gasteiger partial charge in [0.1, 0.15) is 0 Å². The summed E-state index contributed by atoms with van der Waals surface area (Å²) in [6, 6.07) is 20.0. The summed E-state index contributed by atoms with van der Waals surface area (Å²) in [6.07, 6.45) is 0. The van der Waals surface area contributed by atoms with Gasteiger partial charge in [-0.05, 0) is 47.5 Å². The molecule has 3 rings (SSSR count). The molecular formula is C20H16N4O5-2. The first-order valence-electron chi connectivity index (χ1n) is 8.45. The van der Waals surface area contributed by atoms with Crippen LogP contribution < -0.4 is 21.2 Å². The van der Waals surface area contributed by atoms with Crippen molar-refractivity contribution in [1.29, 1.82) is 0 Å². The molecule has 0 amide bonds. The van der Waals surface area contributed by atoms with Gasteiger partial charge in [-0.1, -0.05) is 36.1 Å². The smallest absolute Gasteiger partial charge is 0.269 e. The molecule has 0 saturated carbocycles. The Kier molecular flexibility index (Phi) is 5.93. The Bertz CT molecular complexity index is 1000. The highest BCUT2D eigenvalue weighted by Crippen LogP contribution is 2.24. The molecule has 0 saturated heterocycles. The highest BCUT2D eigenvalue weighted by Gasteiger charge is 2.08. The highest BCUT2D eigenvalue weighted by atomic mass is 16.8. The van der Waals surface area contributed by atoms with Gasteiger partial charge in [-0.15, -0.1) is 0 Å². The van der Waals surface area contributed by atoms with E-state index in [0.717, 1.165) is 0 Å². The summed E-state index contributed by atoms with van der Waals surface area (Å²) in [5, 5.41) is 43.6. The molecule has 0 fully saturated rings. The number of benzene rings is 3. The number of rotatable bonds is 7. The monoisotopic (exact) mass is 392 g/mol. The molecule has 0 atom stereocenters. The average Bonchev–Trinajstić information content (AvgIpc) is 2.75. The predicted molar refractivity (Wildman–Crippen MR) is 107 cm³/mol. The first-order valence-corrected chi connectivity index (χ1v) is 8.45. The molecule has 0 aliphatic heterocycles. The van der Waals surface area contributed by atoms with Crippen molar-refractivity contribution < 1.29 is 15.2 Å². The van der Waals surface area contributed by atoms with E-state index in [1.807, 2.05) is 18.2 Å². The van der Waals surface area contributed by atoms with Gasteiger partial charge < -0.3 is 26.4 Å². The van der Waals surface area contributed by atoms with E-state index in [-0.39, 0.29) is 27.9 Å². The summed E-state index contributed by atoms with van der Waals surface area (Å²) in [7, 11) is 0. The Labute approximate surface area is 165 Å². The number of anilines is 2. The summed E-state index contributed by atoms with van der Waals surface area (Å²) in [6.45, 7) is 0. The summed E-state index contributed by atoms with van der Waals surface area (Å²) < 4.78 is 0. The fraction of sp³-hybridized carbons (Fsp3) is 0. The SMILES string of the molecule is O=[N+]([O-])c1ccc(C([O-])=C(NNc2ccccc2)c2ccc(N([O-])O)cc2)cc1. The van der Waals surface area contributed by atoms with Gasteiger partial charge in [0.2, 0.25) is 0 Å². The summed E-state index contributed by atoms with van der Waals surface area (Å²) in [4.78, 5) is 10.3. The van der Waals surface area contributed by atoms with E-state index >= 15 is 0 Å². The minimum Gasteiger partial charge on any atom is -0.871 e. The van der Waals surface area contributed by atoms with E-state index in [1.165, 1.54) is 48.5 Å². The molecule has 0 aliphatic rings. The number of nitrogens with zero attached hydrogens (tertiary/aromatic N) is 2. The van der Waals surface area contributed by atoms with E-state index in [0.29, 0.717) is 11.3 Å². The number of nitrogens with one attached hydrogen (secondary N) is 2. The van der Waals surface area contributed by atoms with Crippen molar-refractivity contribution in [3.8, 4) is 0 Å². The van der Waals surface area contributed by atoms with Crippen LogP contribution >= 0.6 is 0 Å². The number of nitro groups is 1. The molecule has 3 aromatic rings. The van der Waals surface area contributed by atoms with Gasteiger partial charge in [0.05, 0.1) is 22.0 Å². The number of hydrogen-bond donors (Lipinski definition) is 3. The topological polar surface area (TPSA) is 137 Å². The molecule has 0 bridgehead atoms. The van der Waals surface area contributed by atoms with E-state index in [2.05, 4.69) is 10.9 Å². The fourth-order valence-electron chi connectivity index (χ4n) is 2.55. The molecule has 0 aliphatic carbocycles. The third kappa shape index (κ3) is 4.80. The number of hydrazine groups is 1. The van der Waals surface area contributed by atoms with Crippen LogP contribution in [0.4, 0.5) is 17.1 Å². The van der Waals surface area contributed by atoms with E-state index < -0.39 is 10.7 Å². The number of para-hydroxylation sites is 1. The van der Waals surface area contributed by atoms with Crippen molar-refractivity contribution in [3.05, 3.63) is 105 Å². The van der Waals surface area contributed by atoms with Gasteiger partial charge in [-0.2, -0.15) is 0 Å². The van der Waals surface area contributed by atoms with Crippen molar-refractivity contribution in [1.82, 2.24) is 5.43 Å². The lowest BCUT2D eigenvalue weighted by Gasteiger charge is -2.24. The van der Waals surface area contributed by atoms with Crippen LogP contribution in [0, 0.1) is 15.3 Å². The summed E-state index contributed by atoms with van der Waals surface area (Å²) in [5.41, 5.74) is 7.22. The Hall–Kier alpha value is -4.08. The molecule has 0 radical (unpaired) electrons. The van der Waals surface area contributed by atoms with Crippen LogP contribution in [0.5, 0.6) is 0 Å². The average molecular weight is 392 g/mol. The second-order valence-corrected chi connectivity index (χ2v) is 5.94. The summed E-state index contributed by atoms with van der Waals surface area (Å²) >= 11 is 0. The van der Waals surface area contributed by atoms with E-state index in [4.69, 9.17) is 5.21 Å². The van der Waals surface area contributed by atoms with Crippen LogP contribution in [-0.2, 0) is 0 Å². The number of nitro benzene ring substituents is 1. The van der Waals surface area contributed by atoms with Crippen LogP contribution in [0.15, 0.2) is 78.9 Å². The van der Waals surface area contributed by atoms with Gasteiger partial charge in [0, 0.05) is 12.1 Å². The lowest BCUT2D eigenvalue weighted by Crippen LogP contribution is -2.24. The van der Waals surface area contributed by atoms with Crippen LogP contribution in [0.2, 0.25) is 0 Å². The molecule has 29 heavy (non-hydrogen) atoms. The molecule has 0 spiro atoms. The Morgan fingerprint density at radius 2 is 1.48 bits per heavy atom. The number of hydrogen-bond acceptors (Lipinski definition) is 8. The van der Waals surface area contributed by atoms with Gasteiger partial charge in [-0.3, -0.25) is 15.3 Å². The van der Waals surface area contributed by atoms with Gasteiger partial charge in [-0.25, -0.2) is 0 Å². The van der Waals surface area contributed by atoms with Crippen LogP contribution in [0.3, 0.4) is 0 Å². The number of non-ortho nitro benzene ring substituents is 1. The zero-order chi connectivity index (χ0) is 20.8. The molecule has 148 valence electrons. The molecule has 3 N–H and O–H groups in total. The van der Waals surface area contributed by atoms with Crippen molar-refractivity contribution in [2.75, 3.05) is 10.7 Å². The zero-order valence-electron chi connectivity index (χ0n) is 15.0. The standard InChI is InChI=1S/C20H17N4O5/c25-20(15-8-12-18(13-9-15)24(28)29)19(22-21-16-4-2-1-3-5-16)14-6-10-17(11-7-14)23(26)27/h1-13,21-22,25-26H/q-1/p-1. The maximum absolute atomic E-state index is 13.0. The first kappa shape index (κ1) is 19.7. The minimum atomic E-state index is -0.545. The molecule has 3 aromatic carbocycles. The second-order valence-electron chi connectivity index (χ2n) is 5.94. The van der Waals surface area contributed by atoms with Gasteiger partial charge in [0.15, 0.2) is 0 Å². The maximum atomic E-state index is 13.0. The molecule has 0 unspecified atom stereocenters. The second kappa shape index (κ2) is 8.74. The fourth-order valence-corrected chi connectivity index (χ4v) is 2.55. The minimum absolute atomic E-state index is 0.00639. The molecule has 9 nitrogen and oxygen atoms in total. The zero-order valence-corrected chi connectivity index (χ0v) is 15.0. The van der Waals surface area contributed by atoms with Crippen LogP contribution in [-0.4, -0.2) is 10.1 Å². The van der Waals surface area contributed by atoms with Crippen molar-refractivity contribution in [2.45, 2.75) is 0 Å².